The molecule has 5 fully saturated rings. The maximum atomic E-state index is 14.9. The highest BCUT2D eigenvalue weighted by atomic mass is 16.5. The zero-order chi connectivity index (χ0) is 53.5. The molecule has 6 aliphatic heterocycles. The van der Waals surface area contributed by atoms with Crippen molar-refractivity contribution in [1.82, 2.24) is 40.0 Å². The summed E-state index contributed by atoms with van der Waals surface area (Å²) in [5, 5.41) is 5.67. The van der Waals surface area contributed by atoms with Gasteiger partial charge in [0.15, 0.2) is 0 Å². The number of rotatable bonds is 9. The minimum Gasteiger partial charge on any atom is -0.464 e. The molecular weight excluding hydrogens is 965 g/mol. The average Bonchev–Trinajstić information content (AvgIpc) is 4.09. The first kappa shape index (κ1) is 53.2. The lowest BCUT2D eigenvalue weighted by molar-refractivity contribution is -0.155. The SMILES string of the molecule is CCn1c(-c2cccnc2[C@H](C)OC)c2c3cc(ccc31)-c1cccc(c1)C[C@H](NC(=O)[C@H](C(C)C)N1CC[C@]3(CCN(C(=O)C#C[C@@H]4COCCN4C4COC4)C3)C1=O)C(=O)N1CCC[C@H](N1)C(=O)OCC(C)(C)C2. The van der Waals surface area contributed by atoms with Crippen LogP contribution in [0.1, 0.15) is 90.2 Å². The third kappa shape index (κ3) is 10.5. The van der Waals surface area contributed by atoms with E-state index in [4.69, 9.17) is 23.9 Å². The van der Waals surface area contributed by atoms with Crippen molar-refractivity contribution in [3.05, 3.63) is 77.6 Å². The lowest BCUT2D eigenvalue weighted by atomic mass is 9.84. The number of morpholine rings is 1. The van der Waals surface area contributed by atoms with Gasteiger partial charge < -0.3 is 38.6 Å². The van der Waals surface area contributed by atoms with Crippen molar-refractivity contribution in [2.24, 2.45) is 16.7 Å². The lowest BCUT2D eigenvalue weighted by Crippen LogP contribution is -2.62. The van der Waals surface area contributed by atoms with Crippen LogP contribution >= 0.6 is 0 Å². The highest BCUT2D eigenvalue weighted by Gasteiger charge is 2.54. The lowest BCUT2D eigenvalue weighted by Gasteiger charge is -2.42. The van der Waals surface area contributed by atoms with Crippen LogP contribution in [-0.4, -0.2) is 162 Å². The van der Waals surface area contributed by atoms with Crippen LogP contribution < -0.4 is 10.7 Å². The molecule has 6 bridgehead atoms. The van der Waals surface area contributed by atoms with Crippen molar-refractivity contribution >= 4 is 40.5 Å². The molecule has 76 heavy (non-hydrogen) atoms. The summed E-state index contributed by atoms with van der Waals surface area (Å²) in [6.45, 7) is 17.3. The van der Waals surface area contributed by atoms with Gasteiger partial charge in [0.25, 0.3) is 11.8 Å². The Hall–Kier alpha value is -6.16. The minimum absolute atomic E-state index is 0.131. The van der Waals surface area contributed by atoms with Crippen molar-refractivity contribution < 1.29 is 42.9 Å². The summed E-state index contributed by atoms with van der Waals surface area (Å²) in [5.41, 5.74) is 9.65. The molecule has 6 atom stereocenters. The molecule has 0 aliphatic carbocycles. The smallest absolute Gasteiger partial charge is 0.324 e. The van der Waals surface area contributed by atoms with Crippen molar-refractivity contribution in [1.29, 1.82) is 0 Å². The van der Waals surface area contributed by atoms with Crippen LogP contribution in [0.25, 0.3) is 33.3 Å². The molecule has 1 spiro atoms. The molecule has 404 valence electrons. The maximum absolute atomic E-state index is 14.9. The number of cyclic esters (lactones) is 1. The molecule has 10 rings (SSSR count). The minimum atomic E-state index is -1.06. The molecule has 2 N–H and O–H groups in total. The fraction of sp³-hybridized carbons (Fsp3) is 0.559. The highest BCUT2D eigenvalue weighted by Crippen LogP contribution is 2.44. The number of fused-ring (bicyclic) bond motifs is 6. The number of nitrogens with one attached hydrogen (secondary N) is 2. The van der Waals surface area contributed by atoms with Gasteiger partial charge in [0.2, 0.25) is 11.8 Å². The molecule has 6 aliphatic rings. The van der Waals surface area contributed by atoms with Gasteiger partial charge >= 0.3 is 5.97 Å². The van der Waals surface area contributed by atoms with E-state index in [0.717, 1.165) is 56.7 Å². The summed E-state index contributed by atoms with van der Waals surface area (Å²) in [4.78, 5) is 82.6. The fourth-order valence-electron chi connectivity index (χ4n) is 12.4. The number of carbonyl (C=O) groups excluding carboxylic acids is 5. The zero-order valence-electron chi connectivity index (χ0n) is 45.2. The summed E-state index contributed by atoms with van der Waals surface area (Å²) in [6, 6.07) is 16.0. The molecule has 2 aromatic heterocycles. The van der Waals surface area contributed by atoms with E-state index in [2.05, 4.69) is 89.2 Å². The van der Waals surface area contributed by atoms with Crippen LogP contribution in [0.3, 0.4) is 0 Å². The number of carbonyl (C=O) groups is 5. The molecule has 0 radical (unpaired) electrons. The molecule has 0 unspecified atom stereocenters. The number of nitrogens with zero attached hydrogens (tertiary/aromatic N) is 6. The second-order valence-electron chi connectivity index (χ2n) is 22.8. The first-order chi connectivity index (χ1) is 36.6. The fourth-order valence-corrected chi connectivity index (χ4v) is 12.4. The molecule has 8 heterocycles. The second-order valence-corrected chi connectivity index (χ2v) is 22.8. The van der Waals surface area contributed by atoms with Crippen LogP contribution in [0.2, 0.25) is 0 Å². The van der Waals surface area contributed by atoms with Crippen molar-refractivity contribution in [2.75, 3.05) is 72.9 Å². The standard InChI is InChI=1S/C59H74N8O9/c1-8-64-49-18-16-41-30-45(49)46(53(64)44-14-10-22-60-51(44)38(4)73-7)31-58(5,6)36-76-56(71)47-15-11-23-67(62-47)55(70)48(29-39-12-9-13-40(41)28-39)61-54(69)52(37(2)3)66-25-21-59(57(66)72)20-24-63(35-59)50(68)19-17-42-32-74-27-26-65(42)43-33-75-34-43/h9-10,12-14,16,18,22,28,30,37-38,42-43,47-48,52,62H,8,11,15,20-21,23-27,29,31-36H2,1-7H3,(H,61,69)/t38-,42+,47-,48-,52-,59-/m0/s1. The summed E-state index contributed by atoms with van der Waals surface area (Å²) in [5.74, 6) is 3.95. The van der Waals surface area contributed by atoms with Gasteiger partial charge in [-0.05, 0) is 104 Å². The third-order valence-corrected chi connectivity index (χ3v) is 16.7. The molecule has 17 heteroatoms. The quantitative estimate of drug-likeness (QED) is 0.163. The summed E-state index contributed by atoms with van der Waals surface area (Å²) < 4.78 is 25.5. The maximum Gasteiger partial charge on any atom is 0.324 e. The van der Waals surface area contributed by atoms with E-state index in [1.807, 2.05) is 39.0 Å². The second kappa shape index (κ2) is 22.1. The van der Waals surface area contributed by atoms with E-state index in [1.165, 1.54) is 5.01 Å². The predicted octanol–water partition coefficient (Wildman–Crippen LogP) is 5.32. The number of pyridine rings is 1. The Morgan fingerprint density at radius 2 is 1.76 bits per heavy atom. The highest BCUT2D eigenvalue weighted by molar-refractivity contribution is 5.98. The van der Waals surface area contributed by atoms with Gasteiger partial charge in [0.05, 0.1) is 68.0 Å². The number of hydrazine groups is 1. The molecule has 5 saturated heterocycles. The molecule has 4 aromatic rings. The van der Waals surface area contributed by atoms with E-state index >= 15 is 0 Å². The van der Waals surface area contributed by atoms with Crippen LogP contribution in [0.4, 0.5) is 0 Å². The molecule has 17 nitrogen and oxygen atoms in total. The van der Waals surface area contributed by atoms with Crippen molar-refractivity contribution in [3.63, 3.8) is 0 Å². The van der Waals surface area contributed by atoms with Gasteiger partial charge in [-0.2, -0.15) is 0 Å². The number of amides is 4. The predicted molar refractivity (Wildman–Crippen MR) is 286 cm³/mol. The van der Waals surface area contributed by atoms with E-state index in [0.29, 0.717) is 84.7 Å². The van der Waals surface area contributed by atoms with Gasteiger partial charge in [-0.1, -0.05) is 63.9 Å². The van der Waals surface area contributed by atoms with Crippen LogP contribution in [0.5, 0.6) is 0 Å². The van der Waals surface area contributed by atoms with Gasteiger partial charge in [-0.3, -0.25) is 38.9 Å². The first-order valence-corrected chi connectivity index (χ1v) is 27.4. The monoisotopic (exact) mass is 1040 g/mol. The number of methoxy groups -OCH3 is 1. The number of likely N-dealkylation sites (tertiary alicyclic amines) is 2. The van der Waals surface area contributed by atoms with Gasteiger partial charge in [0, 0.05) is 80.9 Å². The Kier molecular flexibility index (Phi) is 15.5. The Bertz CT molecular complexity index is 2940. The van der Waals surface area contributed by atoms with Crippen LogP contribution in [0, 0.1) is 28.6 Å². The third-order valence-electron chi connectivity index (χ3n) is 16.7. The van der Waals surface area contributed by atoms with Gasteiger partial charge in [0.1, 0.15) is 18.1 Å². The number of aromatic nitrogens is 2. The topological polar surface area (TPSA) is 177 Å². The summed E-state index contributed by atoms with van der Waals surface area (Å²) in [6.07, 6.45) is 4.24. The van der Waals surface area contributed by atoms with E-state index < -0.39 is 46.7 Å². The number of aryl methyl sites for hydroxylation is 1. The van der Waals surface area contributed by atoms with E-state index in [9.17, 15) is 24.0 Å². The normalized spacial score (nSPS) is 25.2. The zero-order valence-corrected chi connectivity index (χ0v) is 45.2. The van der Waals surface area contributed by atoms with Crippen LogP contribution in [0.15, 0.2) is 60.8 Å². The molecule has 4 amide bonds. The van der Waals surface area contributed by atoms with Crippen molar-refractivity contribution in [3.8, 4) is 34.2 Å². The van der Waals surface area contributed by atoms with Crippen LogP contribution in [-0.2, 0) is 62.3 Å². The van der Waals surface area contributed by atoms with Gasteiger partial charge in [-0.15, -0.1) is 0 Å². The van der Waals surface area contributed by atoms with E-state index in [-0.39, 0.29) is 55.5 Å². The first-order valence-electron chi connectivity index (χ1n) is 27.4. The molecule has 2 aromatic carbocycles. The largest absolute Gasteiger partial charge is 0.464 e. The summed E-state index contributed by atoms with van der Waals surface area (Å²) >= 11 is 0. The van der Waals surface area contributed by atoms with E-state index in [1.54, 1.807) is 23.1 Å². The molecule has 0 saturated carbocycles. The number of hydrogen-bond donors (Lipinski definition) is 2. The Morgan fingerprint density at radius 1 is 0.961 bits per heavy atom. The summed E-state index contributed by atoms with van der Waals surface area (Å²) in [7, 11) is 1.69. The Labute approximate surface area is 446 Å². The number of ether oxygens (including phenoxy) is 4. The Balaban J connectivity index is 0.940. The molecular formula is C59H74N8O9. The number of hydrogen-bond acceptors (Lipinski definition) is 12. The van der Waals surface area contributed by atoms with Gasteiger partial charge in [-0.25, -0.2) is 5.43 Å². The van der Waals surface area contributed by atoms with Crippen molar-refractivity contribution in [2.45, 2.75) is 123 Å². The number of benzene rings is 2. The average molecular weight is 1040 g/mol. The number of esters is 1. The Morgan fingerprint density at radius 3 is 2.53 bits per heavy atom.